The van der Waals surface area contributed by atoms with E-state index >= 15 is 0 Å². The standard InChI is InChI=1S/C30H32FN5O3/c1-30(2,3)38-29(37)39-36-17-15-35(16-18-36)28(22-13-14-26(32-19-22)21-9-5-4-6-10-21)24-20-33-34-27(24)23-11-7-8-12-25(23)31/h4-14,19-20,28H,15-18H2,1-3H3,(H,33,34). The molecule has 8 nitrogen and oxygen atoms in total. The van der Waals surface area contributed by atoms with E-state index in [0.29, 0.717) is 37.4 Å². The van der Waals surface area contributed by atoms with E-state index in [2.05, 4.69) is 21.2 Å². The van der Waals surface area contributed by atoms with Crippen LogP contribution < -0.4 is 0 Å². The van der Waals surface area contributed by atoms with Crippen LogP contribution in [0.25, 0.3) is 22.5 Å². The van der Waals surface area contributed by atoms with Crippen LogP contribution in [0.2, 0.25) is 0 Å². The first kappa shape index (κ1) is 26.5. The Bertz CT molecular complexity index is 1390. The Morgan fingerprint density at radius 3 is 2.33 bits per heavy atom. The SMILES string of the molecule is CC(C)(C)OC(=O)ON1CCN(C(c2ccc(-c3ccccc3)nc2)c2cn[nH]c2-c2ccccc2F)CC1. The minimum Gasteiger partial charge on any atom is -0.427 e. The summed E-state index contributed by atoms with van der Waals surface area (Å²) in [5, 5.41) is 8.93. The molecule has 1 unspecified atom stereocenters. The van der Waals surface area contributed by atoms with E-state index in [9.17, 15) is 9.18 Å². The fourth-order valence-corrected chi connectivity index (χ4v) is 4.74. The number of piperazine rings is 1. The average molecular weight is 530 g/mol. The summed E-state index contributed by atoms with van der Waals surface area (Å²) in [6.45, 7) is 7.55. The molecular weight excluding hydrogens is 497 g/mol. The number of hydroxylamine groups is 2. The third kappa shape index (κ3) is 6.32. The Balaban J connectivity index is 1.43. The van der Waals surface area contributed by atoms with Crippen molar-refractivity contribution in [2.45, 2.75) is 32.4 Å². The molecule has 3 heterocycles. The van der Waals surface area contributed by atoms with Crippen LogP contribution in [0.4, 0.5) is 9.18 Å². The van der Waals surface area contributed by atoms with Crippen molar-refractivity contribution in [2.24, 2.45) is 0 Å². The molecule has 1 aliphatic rings. The monoisotopic (exact) mass is 529 g/mol. The van der Waals surface area contributed by atoms with E-state index in [1.807, 2.05) is 42.6 Å². The summed E-state index contributed by atoms with van der Waals surface area (Å²) >= 11 is 0. The number of rotatable bonds is 6. The van der Waals surface area contributed by atoms with Gasteiger partial charge in [-0.25, -0.2) is 9.18 Å². The second kappa shape index (κ2) is 11.3. The molecule has 0 spiro atoms. The highest BCUT2D eigenvalue weighted by atomic mass is 19.1. The lowest BCUT2D eigenvalue weighted by Gasteiger charge is -2.38. The second-order valence-corrected chi connectivity index (χ2v) is 10.4. The van der Waals surface area contributed by atoms with E-state index in [1.54, 1.807) is 50.2 Å². The zero-order chi connectivity index (χ0) is 27.4. The molecule has 202 valence electrons. The van der Waals surface area contributed by atoms with Gasteiger partial charge in [-0.3, -0.25) is 15.0 Å². The van der Waals surface area contributed by atoms with Gasteiger partial charge in [-0.15, -0.1) is 5.06 Å². The van der Waals surface area contributed by atoms with Gasteiger partial charge in [0.25, 0.3) is 0 Å². The van der Waals surface area contributed by atoms with Gasteiger partial charge < -0.3 is 9.57 Å². The summed E-state index contributed by atoms with van der Waals surface area (Å²) in [6, 6.07) is 20.5. The third-order valence-corrected chi connectivity index (χ3v) is 6.51. The summed E-state index contributed by atoms with van der Waals surface area (Å²) in [7, 11) is 0. The molecule has 1 saturated heterocycles. The maximum Gasteiger partial charge on any atom is 0.528 e. The third-order valence-electron chi connectivity index (χ3n) is 6.51. The van der Waals surface area contributed by atoms with Gasteiger partial charge in [0.2, 0.25) is 0 Å². The largest absolute Gasteiger partial charge is 0.528 e. The van der Waals surface area contributed by atoms with E-state index in [4.69, 9.17) is 14.6 Å². The molecule has 39 heavy (non-hydrogen) atoms. The summed E-state index contributed by atoms with van der Waals surface area (Å²) < 4.78 is 20.1. The Labute approximate surface area is 227 Å². The Hall–Kier alpha value is -4.08. The molecule has 4 aromatic rings. The molecule has 0 aliphatic carbocycles. The van der Waals surface area contributed by atoms with Crippen LogP contribution in [0.15, 0.2) is 79.1 Å². The minimum absolute atomic E-state index is 0.251. The first-order valence-electron chi connectivity index (χ1n) is 13.0. The number of carbonyl (C=O) groups is 1. The molecule has 5 rings (SSSR count). The van der Waals surface area contributed by atoms with Crippen molar-refractivity contribution in [1.82, 2.24) is 25.1 Å². The van der Waals surface area contributed by atoms with Gasteiger partial charge in [-0.1, -0.05) is 48.5 Å². The Kier molecular flexibility index (Phi) is 7.72. The molecule has 1 aliphatic heterocycles. The van der Waals surface area contributed by atoms with Crippen molar-refractivity contribution in [3.05, 3.63) is 96.1 Å². The molecule has 0 radical (unpaired) electrons. The van der Waals surface area contributed by atoms with E-state index in [0.717, 1.165) is 22.4 Å². The van der Waals surface area contributed by atoms with Crippen molar-refractivity contribution in [3.63, 3.8) is 0 Å². The number of pyridine rings is 1. The second-order valence-electron chi connectivity index (χ2n) is 10.4. The maximum absolute atomic E-state index is 14.8. The molecular formula is C30H32FN5O3. The smallest absolute Gasteiger partial charge is 0.427 e. The quantitative estimate of drug-likeness (QED) is 0.314. The zero-order valence-corrected chi connectivity index (χ0v) is 22.3. The fourth-order valence-electron chi connectivity index (χ4n) is 4.74. The van der Waals surface area contributed by atoms with Gasteiger partial charge in [0.05, 0.1) is 23.6 Å². The number of aromatic amines is 1. The van der Waals surface area contributed by atoms with Crippen molar-refractivity contribution in [2.75, 3.05) is 26.2 Å². The van der Waals surface area contributed by atoms with Gasteiger partial charge >= 0.3 is 6.16 Å². The number of nitrogens with zero attached hydrogens (tertiary/aromatic N) is 4. The molecule has 0 bridgehead atoms. The average Bonchev–Trinajstić information content (AvgIpc) is 3.39. The van der Waals surface area contributed by atoms with Gasteiger partial charge in [0.15, 0.2) is 0 Å². The van der Waals surface area contributed by atoms with Crippen LogP contribution in [-0.4, -0.2) is 63.1 Å². The molecule has 1 atom stereocenters. The predicted octanol–water partition coefficient (Wildman–Crippen LogP) is 5.85. The lowest BCUT2D eigenvalue weighted by Crippen LogP contribution is -2.48. The molecule has 1 fully saturated rings. The van der Waals surface area contributed by atoms with Gasteiger partial charge in [0.1, 0.15) is 11.4 Å². The van der Waals surface area contributed by atoms with Crippen LogP contribution in [0.1, 0.15) is 37.9 Å². The van der Waals surface area contributed by atoms with Crippen molar-refractivity contribution >= 4 is 6.16 Å². The van der Waals surface area contributed by atoms with Crippen LogP contribution in [0.5, 0.6) is 0 Å². The highest BCUT2D eigenvalue weighted by Gasteiger charge is 2.32. The number of carbonyl (C=O) groups excluding carboxylic acids is 1. The van der Waals surface area contributed by atoms with Crippen LogP contribution in [-0.2, 0) is 9.57 Å². The lowest BCUT2D eigenvalue weighted by molar-refractivity contribution is -0.159. The van der Waals surface area contributed by atoms with Crippen LogP contribution in [0.3, 0.4) is 0 Å². The molecule has 0 saturated carbocycles. The predicted molar refractivity (Wildman–Crippen MR) is 146 cm³/mol. The molecule has 1 N–H and O–H groups in total. The van der Waals surface area contributed by atoms with Crippen molar-refractivity contribution in [3.8, 4) is 22.5 Å². The maximum atomic E-state index is 14.8. The number of hydrogen-bond donors (Lipinski definition) is 1. The summed E-state index contributed by atoms with van der Waals surface area (Å²) in [5.41, 5.74) is 4.14. The minimum atomic E-state index is -0.718. The first-order chi connectivity index (χ1) is 18.8. The normalized spacial score (nSPS) is 15.6. The van der Waals surface area contributed by atoms with Crippen LogP contribution in [0, 0.1) is 5.82 Å². The molecule has 0 amide bonds. The van der Waals surface area contributed by atoms with Gasteiger partial charge in [-0.2, -0.15) is 5.10 Å². The number of ether oxygens (including phenoxy) is 1. The number of aromatic nitrogens is 3. The topological polar surface area (TPSA) is 83.6 Å². The van der Waals surface area contributed by atoms with E-state index < -0.39 is 11.8 Å². The number of benzene rings is 2. The first-order valence-corrected chi connectivity index (χ1v) is 13.0. The summed E-state index contributed by atoms with van der Waals surface area (Å²) in [4.78, 5) is 24.6. The van der Waals surface area contributed by atoms with Crippen molar-refractivity contribution < 1.29 is 18.8 Å². The van der Waals surface area contributed by atoms with E-state index in [-0.39, 0.29) is 11.9 Å². The summed E-state index contributed by atoms with van der Waals surface area (Å²) in [5.74, 6) is -0.324. The van der Waals surface area contributed by atoms with Crippen LogP contribution >= 0.6 is 0 Å². The lowest BCUT2D eigenvalue weighted by atomic mass is 9.95. The highest BCUT2D eigenvalue weighted by Crippen LogP contribution is 2.36. The fraction of sp³-hybridized carbons (Fsp3) is 0.300. The van der Waals surface area contributed by atoms with Gasteiger partial charge in [-0.05, 0) is 44.5 Å². The van der Waals surface area contributed by atoms with E-state index in [1.165, 1.54) is 6.07 Å². The Morgan fingerprint density at radius 2 is 1.67 bits per heavy atom. The Morgan fingerprint density at radius 1 is 0.949 bits per heavy atom. The molecule has 2 aromatic heterocycles. The highest BCUT2D eigenvalue weighted by molar-refractivity contribution is 5.65. The summed E-state index contributed by atoms with van der Waals surface area (Å²) in [6.07, 6.45) is 2.90. The number of hydrogen-bond acceptors (Lipinski definition) is 7. The molecule has 2 aromatic carbocycles. The van der Waals surface area contributed by atoms with Crippen molar-refractivity contribution in [1.29, 1.82) is 0 Å². The number of nitrogens with one attached hydrogen (secondary N) is 1. The van der Waals surface area contributed by atoms with Gasteiger partial charge in [0, 0.05) is 49.1 Å². The zero-order valence-electron chi connectivity index (χ0n) is 22.3. The number of H-pyrrole nitrogens is 1. The number of halogens is 1. The molecule has 9 heteroatoms.